The van der Waals surface area contributed by atoms with Crippen LogP contribution in [0.15, 0.2) is 24.3 Å². The van der Waals surface area contributed by atoms with Crippen molar-refractivity contribution in [3.8, 4) is 0 Å². The van der Waals surface area contributed by atoms with Gasteiger partial charge in [0.25, 0.3) is 0 Å². The van der Waals surface area contributed by atoms with Gasteiger partial charge in [-0.3, -0.25) is 0 Å². The summed E-state index contributed by atoms with van der Waals surface area (Å²) in [5, 5.41) is 2.96. The van der Waals surface area contributed by atoms with E-state index in [0.29, 0.717) is 0 Å². The molecule has 0 heterocycles. The second-order valence-electron chi connectivity index (χ2n) is 34.5. The van der Waals surface area contributed by atoms with Crippen LogP contribution in [0.25, 0.3) is 10.8 Å². The molecule has 0 saturated heterocycles. The first kappa shape index (κ1) is 59.7. The van der Waals surface area contributed by atoms with Crippen LogP contribution in [0.4, 0.5) is 0 Å². The van der Waals surface area contributed by atoms with Gasteiger partial charge in [0.15, 0.2) is 0 Å². The fraction of sp³-hybridized carbons (Fsp3) is 0.878. The van der Waals surface area contributed by atoms with E-state index >= 15 is 0 Å². The zero-order valence-electron chi connectivity index (χ0n) is 55.5. The predicted octanol–water partition coefficient (Wildman–Crippen LogP) is 23.5. The Bertz CT molecular complexity index is 2390. The van der Waals surface area contributed by atoms with E-state index in [4.69, 9.17) is 0 Å². The van der Waals surface area contributed by atoms with Gasteiger partial charge in [-0.2, -0.15) is 0 Å². The minimum absolute atomic E-state index is 0.971. The van der Waals surface area contributed by atoms with Gasteiger partial charge in [-0.25, -0.2) is 0 Å². The van der Waals surface area contributed by atoms with E-state index in [9.17, 15) is 0 Å². The molecule has 20 unspecified atom stereocenters. The van der Waals surface area contributed by atoms with Crippen LogP contribution < -0.4 is 0 Å². The van der Waals surface area contributed by atoms with Gasteiger partial charge in [0.2, 0.25) is 0 Å². The van der Waals surface area contributed by atoms with Crippen LogP contribution in [0.1, 0.15) is 284 Å². The highest BCUT2D eigenvalue weighted by Crippen LogP contribution is 2.65. The Morgan fingerprint density at radius 3 is 1.43 bits per heavy atom. The van der Waals surface area contributed by atoms with Crippen LogP contribution in [0.5, 0.6) is 0 Å². The summed E-state index contributed by atoms with van der Waals surface area (Å²) in [6.45, 7) is 25.0. The molecule has 13 fully saturated rings. The summed E-state index contributed by atoms with van der Waals surface area (Å²) >= 11 is 0. The lowest BCUT2D eigenvalue weighted by molar-refractivity contribution is -0.0339. The SMILES string of the molecule is CCC1CC2C3C[C@H]4CCCC[C@H]4CC3CC2C1C.CCC1CC2CC3C[C@H]4CCCC[C@H]4C(C)C3CC2C1C.CCC1CCC2C(CC3C2C[C@H]2CCCC[C@H]2C3C)C1C.CCc1ccc2cc3c(cc2c1C)C[C@@H]1CCCC[C@@H]1C3. The van der Waals surface area contributed by atoms with Gasteiger partial charge in [-0.05, 0) is 328 Å². The maximum Gasteiger partial charge on any atom is -0.0149 e. The van der Waals surface area contributed by atoms with E-state index < -0.39 is 0 Å². The van der Waals surface area contributed by atoms with Crippen molar-refractivity contribution in [1.82, 2.24) is 0 Å². The van der Waals surface area contributed by atoms with Gasteiger partial charge in [-0.15, -0.1) is 0 Å². The summed E-state index contributed by atoms with van der Waals surface area (Å²) in [4.78, 5) is 0. The smallest absolute Gasteiger partial charge is 0.0149 e. The second kappa shape index (κ2) is 25.7. The third-order valence-corrected chi connectivity index (χ3v) is 31.9. The molecule has 458 valence electrons. The van der Waals surface area contributed by atoms with Crippen molar-refractivity contribution in [3.05, 3.63) is 46.5 Å². The average Bonchev–Trinajstić information content (AvgIpc) is 4.38. The van der Waals surface area contributed by atoms with E-state index in [1.54, 1.807) is 140 Å². The maximum atomic E-state index is 2.65. The lowest BCUT2D eigenvalue weighted by Crippen LogP contribution is -2.45. The molecule has 0 spiro atoms. The molecule has 82 heavy (non-hydrogen) atoms. The van der Waals surface area contributed by atoms with E-state index in [0.717, 1.165) is 172 Å². The molecule has 0 aliphatic heterocycles. The zero-order valence-corrected chi connectivity index (χ0v) is 55.5. The summed E-state index contributed by atoms with van der Waals surface area (Å²) in [7, 11) is 0. The van der Waals surface area contributed by atoms with Crippen molar-refractivity contribution in [3.63, 3.8) is 0 Å². The van der Waals surface area contributed by atoms with Gasteiger partial charge in [0.1, 0.15) is 0 Å². The van der Waals surface area contributed by atoms with Crippen molar-refractivity contribution >= 4 is 10.8 Å². The summed E-state index contributed by atoms with van der Waals surface area (Å²) in [6.07, 6.45) is 51.9. The van der Waals surface area contributed by atoms with Crippen LogP contribution in [0, 0.1) is 173 Å². The van der Waals surface area contributed by atoms with Crippen LogP contribution in [-0.4, -0.2) is 0 Å². The minimum atomic E-state index is 0.971. The monoisotopic (exact) mass is 1120 g/mol. The van der Waals surface area contributed by atoms with Gasteiger partial charge in [0.05, 0.1) is 0 Å². The van der Waals surface area contributed by atoms with Crippen molar-refractivity contribution in [2.45, 2.75) is 288 Å². The van der Waals surface area contributed by atoms with Gasteiger partial charge in [0, 0.05) is 0 Å². The third-order valence-electron chi connectivity index (χ3n) is 31.9. The number of aryl methyl sites for hydroxylation is 2. The number of hydrogen-bond acceptors (Lipinski definition) is 0. The first-order chi connectivity index (χ1) is 39.9. The van der Waals surface area contributed by atoms with Gasteiger partial charge >= 0.3 is 0 Å². The second-order valence-corrected chi connectivity index (χ2v) is 34.5. The molecule has 14 aliphatic carbocycles. The number of fused-ring (bicyclic) bond motifs is 14. The van der Waals surface area contributed by atoms with E-state index in [1.165, 1.54) is 105 Å². The number of hydrogen-bond donors (Lipinski definition) is 0. The molecule has 28 atom stereocenters. The highest BCUT2D eigenvalue weighted by Gasteiger charge is 2.57. The van der Waals surface area contributed by atoms with E-state index in [-0.39, 0.29) is 0 Å². The molecule has 0 N–H and O–H groups in total. The normalized spacial score (nSPS) is 48.3. The largest absolute Gasteiger partial charge is 0.0651 e. The van der Waals surface area contributed by atoms with E-state index in [2.05, 4.69) is 93.5 Å². The molecular weight excluding hydrogens is 985 g/mol. The molecule has 16 rings (SSSR count). The Hall–Kier alpha value is -1.30. The Balaban J connectivity index is 0.000000103. The molecule has 0 nitrogen and oxygen atoms in total. The predicted molar refractivity (Wildman–Crippen MR) is 352 cm³/mol. The van der Waals surface area contributed by atoms with Gasteiger partial charge in [-0.1, -0.05) is 183 Å². The molecule has 2 aromatic carbocycles. The first-order valence-corrected chi connectivity index (χ1v) is 38.5. The van der Waals surface area contributed by atoms with Crippen LogP contribution >= 0.6 is 0 Å². The fourth-order valence-corrected chi connectivity index (χ4v) is 27.3. The molecule has 0 bridgehead atoms. The van der Waals surface area contributed by atoms with Crippen LogP contribution in [0.3, 0.4) is 0 Å². The van der Waals surface area contributed by atoms with Crippen molar-refractivity contribution in [2.24, 2.45) is 166 Å². The van der Waals surface area contributed by atoms with Crippen LogP contribution in [0.2, 0.25) is 0 Å². The lowest BCUT2D eigenvalue weighted by Gasteiger charge is -2.53. The molecule has 0 amide bonds. The highest BCUT2D eigenvalue weighted by molar-refractivity contribution is 5.88. The summed E-state index contributed by atoms with van der Waals surface area (Å²) < 4.78 is 0. The molecule has 14 aliphatic rings. The van der Waals surface area contributed by atoms with Gasteiger partial charge < -0.3 is 0 Å². The molecule has 0 aromatic heterocycles. The molecule has 0 radical (unpaired) electrons. The zero-order chi connectivity index (χ0) is 56.5. The topological polar surface area (TPSA) is 0 Å². The maximum absolute atomic E-state index is 2.65. The third kappa shape index (κ3) is 11.3. The van der Waals surface area contributed by atoms with Crippen molar-refractivity contribution in [1.29, 1.82) is 0 Å². The minimum Gasteiger partial charge on any atom is -0.0651 e. The Morgan fingerprint density at radius 1 is 0.317 bits per heavy atom. The van der Waals surface area contributed by atoms with Crippen molar-refractivity contribution in [2.75, 3.05) is 0 Å². The number of benzene rings is 2. The average molecular weight is 1120 g/mol. The number of rotatable bonds is 4. The molecule has 0 heteroatoms. The lowest BCUT2D eigenvalue weighted by atomic mass is 9.52. The highest BCUT2D eigenvalue weighted by atomic mass is 14.6. The van der Waals surface area contributed by atoms with E-state index in [1.807, 2.05) is 0 Å². The summed E-state index contributed by atoms with van der Waals surface area (Å²) in [5.41, 5.74) is 6.31. The summed E-state index contributed by atoms with van der Waals surface area (Å²) in [6, 6.07) is 9.70. The molecule has 2 aromatic rings. The quantitative estimate of drug-likeness (QED) is 0.286. The molecular formula is C82H130. The Labute approximate surface area is 507 Å². The van der Waals surface area contributed by atoms with Crippen molar-refractivity contribution < 1.29 is 0 Å². The summed E-state index contributed by atoms with van der Waals surface area (Å²) in [5.74, 6) is 30.5. The van der Waals surface area contributed by atoms with Crippen LogP contribution in [-0.2, 0) is 19.3 Å². The first-order valence-electron chi connectivity index (χ1n) is 38.5. The molecule has 13 saturated carbocycles. The Morgan fingerprint density at radius 2 is 0.756 bits per heavy atom. The Kier molecular flexibility index (Phi) is 18.7. The standard InChI is InChI=1S/2C21H36.C21H26.C19H32/c1-4-15-9-17-11-18-10-16-7-5-6-8-19(16)14(3)21(18)12-20(17)13(15)2;1-4-15-9-10-18-19(13(15)2)12-20-14(3)17-8-6-5-7-16(17)11-21(18)20;1-3-15-8-9-18-12-19-10-16-6-4-5-7-17(16)11-20(19)13-21(18)14(15)2;1-3-13-9-19-17(12(13)2)11-16-8-14-6-4-5-7-15(14)10-18(16)19/h2*13-21H,4-12H2,1-3H3;8-9,12-13,16-17H,3-7,10-11H2,1-2H3;12-19H,3-11H2,1-2H3/t13?,14?,15?,16-,17?,18?,19+,20?,21?;13?,14?,15?,16-,17+,18?,19?,20?,21?;16-,17+;12?,13?,14-,15+,16?,17?,18?,19?/m1110/s1. The fourth-order valence-electron chi connectivity index (χ4n) is 27.3.